The number of hydrogen-bond donors (Lipinski definition) is 4. The normalized spacial score (nSPS) is 15.1. The molecule has 1 aromatic heterocycles. The fraction of sp³-hybridized carbons (Fsp3) is 0.316. The number of hydrogen-bond acceptors (Lipinski definition) is 5. The van der Waals surface area contributed by atoms with Crippen molar-refractivity contribution in [2.75, 3.05) is 18.4 Å². The summed E-state index contributed by atoms with van der Waals surface area (Å²) in [6.45, 7) is 2.86. The molecule has 1 aliphatic heterocycles. The first-order valence-corrected chi connectivity index (χ1v) is 8.89. The number of rotatable bonds is 5. The molecular weight excluding hydrogens is 346 g/mol. The molecule has 2 amide bonds. The van der Waals surface area contributed by atoms with E-state index >= 15 is 0 Å². The van der Waals surface area contributed by atoms with Crippen LogP contribution < -0.4 is 16.2 Å². The molecule has 0 radical (unpaired) electrons. The van der Waals surface area contributed by atoms with Crippen LogP contribution in [0.25, 0.3) is 0 Å². The van der Waals surface area contributed by atoms with Gasteiger partial charge in [0.1, 0.15) is 5.82 Å². The summed E-state index contributed by atoms with van der Waals surface area (Å²) in [5.41, 5.74) is 5.60. The fourth-order valence-electron chi connectivity index (χ4n) is 3.15. The summed E-state index contributed by atoms with van der Waals surface area (Å²) < 4.78 is 0. The second kappa shape index (κ2) is 9.00. The zero-order chi connectivity index (χ0) is 19.1. The summed E-state index contributed by atoms with van der Waals surface area (Å²) in [4.78, 5) is 29.3. The Morgan fingerprint density at radius 1 is 1.07 bits per heavy atom. The molecule has 2 heterocycles. The van der Waals surface area contributed by atoms with E-state index in [0.717, 1.165) is 32.5 Å². The summed E-state index contributed by atoms with van der Waals surface area (Å²) in [7, 11) is 0. The van der Waals surface area contributed by atoms with Gasteiger partial charge in [-0.05, 0) is 30.5 Å². The molecule has 0 unspecified atom stereocenters. The van der Waals surface area contributed by atoms with Crippen molar-refractivity contribution in [1.29, 1.82) is 0 Å². The van der Waals surface area contributed by atoms with Crippen LogP contribution in [0.3, 0.4) is 0 Å². The first-order valence-electron chi connectivity index (χ1n) is 8.89. The summed E-state index contributed by atoms with van der Waals surface area (Å²) in [6, 6.07) is 13.9. The summed E-state index contributed by atoms with van der Waals surface area (Å²) in [6.07, 6.45) is 2.16. The van der Waals surface area contributed by atoms with Gasteiger partial charge in [0.25, 0.3) is 5.91 Å². The van der Waals surface area contributed by atoms with Gasteiger partial charge in [-0.3, -0.25) is 15.1 Å². The average Bonchev–Trinajstić information content (AvgIpc) is 2.69. The minimum atomic E-state index is -1.33. The van der Waals surface area contributed by atoms with Gasteiger partial charge < -0.3 is 10.4 Å². The van der Waals surface area contributed by atoms with Gasteiger partial charge in [-0.2, -0.15) is 0 Å². The molecule has 0 atom stereocenters. The number of carboxylic acid groups (broad SMARTS) is 1. The molecule has 0 spiro atoms. The maximum Gasteiger partial charge on any atom is 0.423 e. The minimum absolute atomic E-state index is 0.214. The molecule has 27 heavy (non-hydrogen) atoms. The van der Waals surface area contributed by atoms with Crippen molar-refractivity contribution in [3.63, 3.8) is 0 Å². The smallest absolute Gasteiger partial charge is 0.423 e. The van der Waals surface area contributed by atoms with E-state index in [9.17, 15) is 9.59 Å². The Morgan fingerprint density at radius 2 is 1.81 bits per heavy atom. The number of anilines is 1. The van der Waals surface area contributed by atoms with Gasteiger partial charge in [0.2, 0.25) is 0 Å². The van der Waals surface area contributed by atoms with E-state index in [1.54, 1.807) is 18.3 Å². The van der Waals surface area contributed by atoms with Crippen molar-refractivity contribution in [2.45, 2.75) is 25.4 Å². The Hall–Kier alpha value is -3.13. The SMILES string of the molecule is O=C(O)NNC(=O)c1cccnc1NC1CCN(Cc2ccccc2)CC1. The second-order valence-corrected chi connectivity index (χ2v) is 6.46. The topological polar surface area (TPSA) is 107 Å². The third-order valence-electron chi connectivity index (χ3n) is 4.51. The summed E-state index contributed by atoms with van der Waals surface area (Å²) in [5, 5.41) is 11.9. The number of likely N-dealkylation sites (tertiary alicyclic amines) is 1. The number of benzene rings is 1. The Labute approximate surface area is 157 Å². The predicted octanol–water partition coefficient (Wildman–Crippen LogP) is 2.07. The van der Waals surface area contributed by atoms with Gasteiger partial charge in [-0.25, -0.2) is 15.2 Å². The first kappa shape index (κ1) is 18.7. The van der Waals surface area contributed by atoms with Crippen LogP contribution in [0.2, 0.25) is 0 Å². The molecule has 4 N–H and O–H groups in total. The van der Waals surface area contributed by atoms with Crippen LogP contribution in [-0.4, -0.2) is 46.1 Å². The van der Waals surface area contributed by atoms with Gasteiger partial charge in [0, 0.05) is 31.9 Å². The third kappa shape index (κ3) is 5.42. The van der Waals surface area contributed by atoms with Crippen molar-refractivity contribution in [3.05, 3.63) is 59.8 Å². The van der Waals surface area contributed by atoms with Crippen LogP contribution >= 0.6 is 0 Å². The van der Waals surface area contributed by atoms with Crippen molar-refractivity contribution in [3.8, 4) is 0 Å². The lowest BCUT2D eigenvalue weighted by Crippen LogP contribution is -2.42. The molecule has 2 aromatic rings. The van der Waals surface area contributed by atoms with E-state index < -0.39 is 12.0 Å². The van der Waals surface area contributed by atoms with Gasteiger partial charge in [-0.15, -0.1) is 0 Å². The number of nitrogens with zero attached hydrogens (tertiary/aromatic N) is 2. The molecule has 3 rings (SSSR count). The van der Waals surface area contributed by atoms with Crippen molar-refractivity contribution in [2.24, 2.45) is 0 Å². The predicted molar refractivity (Wildman–Crippen MR) is 101 cm³/mol. The van der Waals surface area contributed by atoms with Crippen LogP contribution in [0.1, 0.15) is 28.8 Å². The lowest BCUT2D eigenvalue weighted by Gasteiger charge is -2.32. The third-order valence-corrected chi connectivity index (χ3v) is 4.51. The molecule has 1 aromatic carbocycles. The van der Waals surface area contributed by atoms with E-state index in [2.05, 4.69) is 44.9 Å². The maximum absolute atomic E-state index is 12.1. The molecule has 8 nitrogen and oxygen atoms in total. The molecule has 0 aliphatic carbocycles. The minimum Gasteiger partial charge on any atom is -0.464 e. The maximum atomic E-state index is 12.1. The highest BCUT2D eigenvalue weighted by Crippen LogP contribution is 2.19. The van der Waals surface area contributed by atoms with Gasteiger partial charge in [0.05, 0.1) is 5.56 Å². The van der Waals surface area contributed by atoms with Gasteiger partial charge in [0.15, 0.2) is 0 Å². The van der Waals surface area contributed by atoms with Crippen molar-refractivity contribution in [1.82, 2.24) is 20.7 Å². The molecule has 1 aliphatic rings. The van der Waals surface area contributed by atoms with Crippen LogP contribution in [0.5, 0.6) is 0 Å². The zero-order valence-corrected chi connectivity index (χ0v) is 14.9. The van der Waals surface area contributed by atoms with E-state index in [4.69, 9.17) is 5.11 Å². The highest BCUT2D eigenvalue weighted by Gasteiger charge is 2.21. The monoisotopic (exact) mass is 369 g/mol. The largest absolute Gasteiger partial charge is 0.464 e. The fourth-order valence-corrected chi connectivity index (χ4v) is 3.15. The molecule has 8 heteroatoms. The Balaban J connectivity index is 1.54. The van der Waals surface area contributed by atoms with Gasteiger partial charge in [-0.1, -0.05) is 30.3 Å². The second-order valence-electron chi connectivity index (χ2n) is 6.46. The molecule has 142 valence electrons. The Morgan fingerprint density at radius 3 is 2.52 bits per heavy atom. The summed E-state index contributed by atoms with van der Waals surface area (Å²) in [5.74, 6) is -0.0850. The lowest BCUT2D eigenvalue weighted by molar-refractivity contribution is 0.0927. The standard InChI is InChI=1S/C19H23N5O3/c25-18(22-23-19(26)27)16-7-4-10-20-17(16)21-15-8-11-24(12-9-15)13-14-5-2-1-3-6-14/h1-7,10,15,23H,8-9,11-13H2,(H,20,21)(H,22,25)(H,26,27). The van der Waals surface area contributed by atoms with Crippen LogP contribution in [0.15, 0.2) is 48.7 Å². The number of hydrazine groups is 1. The van der Waals surface area contributed by atoms with Gasteiger partial charge >= 0.3 is 6.09 Å². The van der Waals surface area contributed by atoms with E-state index in [1.165, 1.54) is 5.56 Å². The zero-order valence-electron chi connectivity index (χ0n) is 14.9. The number of piperidine rings is 1. The quantitative estimate of drug-likeness (QED) is 0.601. The number of carbonyl (C=O) groups excluding carboxylic acids is 1. The molecule has 0 saturated carbocycles. The van der Waals surface area contributed by atoms with E-state index in [-0.39, 0.29) is 6.04 Å². The summed E-state index contributed by atoms with van der Waals surface area (Å²) >= 11 is 0. The van der Waals surface area contributed by atoms with Crippen molar-refractivity contribution >= 4 is 17.8 Å². The molecule has 0 bridgehead atoms. The Kier molecular flexibility index (Phi) is 6.22. The highest BCUT2D eigenvalue weighted by atomic mass is 16.4. The van der Waals surface area contributed by atoms with E-state index in [1.807, 2.05) is 11.5 Å². The first-order chi connectivity index (χ1) is 13.1. The highest BCUT2D eigenvalue weighted by molar-refractivity contribution is 5.99. The van der Waals surface area contributed by atoms with Crippen LogP contribution in [0, 0.1) is 0 Å². The van der Waals surface area contributed by atoms with E-state index in [0.29, 0.717) is 11.4 Å². The van der Waals surface area contributed by atoms with Crippen LogP contribution in [0.4, 0.5) is 10.6 Å². The molecule has 1 fully saturated rings. The number of nitrogens with one attached hydrogen (secondary N) is 3. The number of amides is 2. The number of aromatic nitrogens is 1. The number of pyridine rings is 1. The van der Waals surface area contributed by atoms with Crippen LogP contribution in [-0.2, 0) is 6.54 Å². The number of carbonyl (C=O) groups is 2. The molecule has 1 saturated heterocycles. The average molecular weight is 369 g/mol. The molecular formula is C19H23N5O3. The van der Waals surface area contributed by atoms with Crippen molar-refractivity contribution < 1.29 is 14.7 Å². The lowest BCUT2D eigenvalue weighted by atomic mass is 10.0. The Bertz CT molecular complexity index is 776.